The van der Waals surface area contributed by atoms with Crippen molar-refractivity contribution in [2.24, 2.45) is 0 Å². The first-order valence-electron chi connectivity index (χ1n) is 1.63. The minimum atomic E-state index is 0. The summed E-state index contributed by atoms with van der Waals surface area (Å²) in [6, 6.07) is 0. The first-order valence-corrected chi connectivity index (χ1v) is 1.41. The molecule has 0 heterocycles. The van der Waals surface area contributed by atoms with Crippen LogP contribution in [0.2, 0.25) is 0 Å². The number of thiocarbonyl (C=S) groups is 2. The van der Waals surface area contributed by atoms with Gasteiger partial charge in [0, 0.05) is 0 Å². The maximum atomic E-state index is 5.90. The second-order valence-electron chi connectivity index (χ2n) is 0. The lowest BCUT2D eigenvalue weighted by molar-refractivity contribution is 2.50. The molecule has 0 saturated heterocycles. The van der Waals surface area contributed by atoms with Crippen molar-refractivity contribution in [2.75, 3.05) is 0 Å². The quantitative estimate of drug-likeness (QED) is 0.460. The number of rotatable bonds is 0. The van der Waals surface area contributed by atoms with Gasteiger partial charge in [0.05, 0.1) is 2.74 Å². The minimum absolute atomic E-state index is 0. The van der Waals surface area contributed by atoms with Crippen LogP contribution in [0.25, 0.3) is 0 Å². The Morgan fingerprint density at radius 2 is 1.17 bits per heavy atom. The van der Waals surface area contributed by atoms with Crippen molar-refractivity contribution < 1.29 is 2.74 Å². The van der Waals surface area contributed by atoms with Crippen LogP contribution in [-0.2, 0) is 0 Å². The van der Waals surface area contributed by atoms with Gasteiger partial charge in [-0.25, -0.2) is 0 Å². The Labute approximate surface area is 54.4 Å². The molecular weight excluding hydrogens is 112 g/mol. The van der Waals surface area contributed by atoms with E-state index >= 15 is 0 Å². The van der Waals surface area contributed by atoms with Crippen LogP contribution in [0.3, 0.4) is 0 Å². The van der Waals surface area contributed by atoms with Gasteiger partial charge in [-0.1, -0.05) is 39.3 Å². The zero-order chi connectivity index (χ0) is 5.41. The highest BCUT2D eigenvalue weighted by Crippen LogP contribution is 1.03. The van der Waals surface area contributed by atoms with Gasteiger partial charge in [-0.05, 0) is 11.7 Å². The van der Waals surface area contributed by atoms with Gasteiger partial charge in [0.1, 0.15) is 0 Å². The summed E-state index contributed by atoms with van der Waals surface area (Å²) >= 11 is 7.87. The van der Waals surface area contributed by atoms with E-state index in [-0.39, 0.29) is 14.9 Å². The van der Waals surface area contributed by atoms with Gasteiger partial charge in [0.25, 0.3) is 0 Å². The summed E-state index contributed by atoms with van der Waals surface area (Å²) in [5, 5.41) is 0. The van der Waals surface area contributed by atoms with Crippen molar-refractivity contribution in [1.82, 2.24) is 0 Å². The second-order valence-corrected chi connectivity index (χ2v) is 0. The Morgan fingerprint density at radius 1 is 1.17 bits per heavy atom. The summed E-state index contributed by atoms with van der Waals surface area (Å²) in [5.74, 6) is 1.67. The molecule has 0 aromatic heterocycles. The maximum absolute atomic E-state index is 5.90. The van der Waals surface area contributed by atoms with E-state index in [2.05, 4.69) is 24.4 Å². The highest BCUT2D eigenvalue weighted by atomic mass is 32.1. The largest absolute Gasteiger partial charge is 0.0973 e. The van der Waals surface area contributed by atoms with E-state index in [9.17, 15) is 0 Å². The molecule has 0 radical (unpaired) electrons. The Kier molecular flexibility index (Phi) is 4420. The SMILES string of the molecule is C.C.[3H]C=S.[3H]C=S. The lowest BCUT2D eigenvalue weighted by atomic mass is 12.0. The van der Waals surface area contributed by atoms with Crippen molar-refractivity contribution in [3.8, 4) is 0 Å². The minimum Gasteiger partial charge on any atom is -0.0973 e. The van der Waals surface area contributed by atoms with Crippen LogP contribution < -0.4 is 0 Å². The van der Waals surface area contributed by atoms with Crippen LogP contribution in [0.4, 0.5) is 0 Å². The van der Waals surface area contributed by atoms with Gasteiger partial charge in [-0.2, -0.15) is 0 Å². The average molecular weight is 128 g/mol. The summed E-state index contributed by atoms with van der Waals surface area (Å²) in [6.07, 6.45) is 0. The van der Waals surface area contributed by atoms with E-state index in [4.69, 9.17) is 2.74 Å². The van der Waals surface area contributed by atoms with Crippen molar-refractivity contribution in [3.05, 3.63) is 0 Å². The van der Waals surface area contributed by atoms with Crippen molar-refractivity contribution in [1.29, 1.82) is 0 Å². The van der Waals surface area contributed by atoms with Gasteiger partial charge in [-0.3, -0.25) is 0 Å². The van der Waals surface area contributed by atoms with Crippen molar-refractivity contribution in [3.63, 3.8) is 0 Å². The van der Waals surface area contributed by atoms with Crippen LogP contribution in [-0.4, -0.2) is 11.7 Å². The lowest BCUT2D eigenvalue weighted by Gasteiger charge is -0.774. The summed E-state index contributed by atoms with van der Waals surface area (Å²) in [6.45, 7) is 0. The van der Waals surface area contributed by atoms with Gasteiger partial charge in [0.15, 0.2) is 0 Å². The van der Waals surface area contributed by atoms with E-state index in [1.165, 1.54) is 0 Å². The Hall–Kier alpha value is 0.180. The molecule has 0 N–H and O–H groups in total. The zero-order valence-electron chi connectivity index (χ0n) is 3.97. The molecule has 0 amide bonds. The standard InChI is InChI=1S/2CH2S.2CH4/c2*1-2;;/h2*1H2;2*1H4/i2*1T;;. The van der Waals surface area contributed by atoms with Crippen LogP contribution in [0.5, 0.6) is 0 Å². The molecule has 6 heavy (non-hydrogen) atoms. The highest BCUT2D eigenvalue weighted by molar-refractivity contribution is 7.77. The summed E-state index contributed by atoms with van der Waals surface area (Å²) in [5.41, 5.74) is 0. The fourth-order valence-electron chi connectivity index (χ4n) is 0. The molecule has 0 bridgehead atoms. The van der Waals surface area contributed by atoms with E-state index < -0.39 is 0 Å². The van der Waals surface area contributed by atoms with Crippen molar-refractivity contribution >= 4 is 36.1 Å². The molecular formula is C4H12S2. The Balaban J connectivity index is -0.0000000160. The topological polar surface area (TPSA) is 0 Å². The molecule has 0 aromatic carbocycles. The fraction of sp³-hybridized carbons (Fsp3) is 0.500. The van der Waals surface area contributed by atoms with E-state index in [1.54, 1.807) is 0 Å². The van der Waals surface area contributed by atoms with Crippen LogP contribution in [0.1, 0.15) is 17.6 Å². The van der Waals surface area contributed by atoms with E-state index in [0.29, 0.717) is 0 Å². The number of hydrogen-bond donors (Lipinski definition) is 0. The second kappa shape index (κ2) is 2790. The predicted octanol–water partition coefficient (Wildman–Crippen LogP) is 2.50. The Bertz CT molecular complexity index is 33.0. The summed E-state index contributed by atoms with van der Waals surface area (Å²) in [7, 11) is 0. The monoisotopic (exact) mass is 128 g/mol. The Morgan fingerprint density at radius 3 is 1.17 bits per heavy atom. The maximum Gasteiger partial charge on any atom is 0.0662 e. The number of hydrogen-bond acceptors (Lipinski definition) is 2. The molecule has 40 valence electrons. The smallest absolute Gasteiger partial charge is 0.0662 e. The van der Waals surface area contributed by atoms with E-state index in [0.717, 1.165) is 11.7 Å². The molecule has 0 aliphatic heterocycles. The average Bonchev–Trinajstić information content (AvgIpc) is 1.39. The molecule has 0 atom stereocenters. The molecule has 0 spiro atoms. The van der Waals surface area contributed by atoms with Gasteiger partial charge in [0.2, 0.25) is 0 Å². The molecule has 0 saturated carbocycles. The van der Waals surface area contributed by atoms with Crippen LogP contribution in [0, 0.1) is 0 Å². The summed E-state index contributed by atoms with van der Waals surface area (Å²) < 4.78 is 11.8. The van der Waals surface area contributed by atoms with E-state index in [1.807, 2.05) is 0 Å². The normalized spacial score (nSPS) is 4.67. The molecule has 0 unspecified atom stereocenters. The first kappa shape index (κ1) is 9.49. The van der Waals surface area contributed by atoms with Crippen LogP contribution >= 0.6 is 24.4 Å². The zero-order valence-corrected chi connectivity index (χ0v) is 3.60. The van der Waals surface area contributed by atoms with Gasteiger partial charge < -0.3 is 0 Å². The van der Waals surface area contributed by atoms with Crippen molar-refractivity contribution in [2.45, 2.75) is 14.9 Å². The molecule has 0 fully saturated rings. The van der Waals surface area contributed by atoms with Gasteiger partial charge in [-0.15, -0.1) is 0 Å². The third kappa shape index (κ3) is 1300. The first-order chi connectivity index (χ1) is 2.83. The highest BCUT2D eigenvalue weighted by Gasteiger charge is 0.644. The summed E-state index contributed by atoms with van der Waals surface area (Å²) in [4.78, 5) is 0. The van der Waals surface area contributed by atoms with Crippen LogP contribution in [0.15, 0.2) is 0 Å². The fourth-order valence-corrected chi connectivity index (χ4v) is 0. The molecule has 0 nitrogen and oxygen atoms in total. The molecule has 0 aliphatic rings. The molecule has 0 aliphatic carbocycles. The lowest BCUT2D eigenvalue weighted by Crippen LogP contribution is -0.661. The van der Waals surface area contributed by atoms with Gasteiger partial charge >= 0.3 is 0 Å². The molecule has 0 aromatic rings. The predicted molar refractivity (Wildman–Crippen MR) is 42.9 cm³/mol. The molecule has 0 rings (SSSR count). The molecule has 2 heteroatoms. The third-order valence-electron chi connectivity index (χ3n) is 0. The third-order valence-corrected chi connectivity index (χ3v) is 0.